The van der Waals surface area contributed by atoms with Crippen molar-refractivity contribution in [1.82, 2.24) is 14.2 Å². The van der Waals surface area contributed by atoms with Crippen LogP contribution in [0.4, 0.5) is 0 Å². The number of hydrogen-bond donors (Lipinski definition) is 1. The van der Waals surface area contributed by atoms with Crippen LogP contribution >= 0.6 is 11.3 Å². The lowest BCUT2D eigenvalue weighted by Crippen LogP contribution is -2.41. The molecule has 8 heteroatoms. The van der Waals surface area contributed by atoms with Crippen molar-refractivity contribution in [3.05, 3.63) is 75.7 Å². The van der Waals surface area contributed by atoms with Gasteiger partial charge in [0.2, 0.25) is 10.0 Å². The van der Waals surface area contributed by atoms with Crippen LogP contribution in [0, 0.1) is 19.8 Å². The summed E-state index contributed by atoms with van der Waals surface area (Å²) in [6, 6.07) is 14.7. The first-order valence-electron chi connectivity index (χ1n) is 10.9. The van der Waals surface area contributed by atoms with Gasteiger partial charge in [0.05, 0.1) is 17.0 Å². The van der Waals surface area contributed by atoms with E-state index in [0.717, 1.165) is 30.8 Å². The van der Waals surface area contributed by atoms with E-state index in [1.807, 2.05) is 32.0 Å². The normalized spacial score (nSPS) is 15.7. The third kappa shape index (κ3) is 4.82. The summed E-state index contributed by atoms with van der Waals surface area (Å²) >= 11 is 1.71. The number of hydrogen-bond acceptors (Lipinski definition) is 4. The number of aromatic nitrogens is 1. The van der Waals surface area contributed by atoms with Crippen LogP contribution in [0.1, 0.15) is 39.5 Å². The Morgan fingerprint density at radius 1 is 1.09 bits per heavy atom. The van der Waals surface area contributed by atoms with Gasteiger partial charge in [0, 0.05) is 35.9 Å². The molecule has 0 spiro atoms. The van der Waals surface area contributed by atoms with E-state index in [1.165, 1.54) is 4.88 Å². The molecule has 0 bridgehead atoms. The average Bonchev–Trinajstić information content (AvgIpc) is 3.42. The highest BCUT2D eigenvalue weighted by Crippen LogP contribution is 2.24. The van der Waals surface area contributed by atoms with Gasteiger partial charge in [0.1, 0.15) is 0 Å². The van der Waals surface area contributed by atoms with Crippen LogP contribution in [-0.2, 0) is 16.6 Å². The molecule has 0 atom stereocenters. The van der Waals surface area contributed by atoms with E-state index >= 15 is 0 Å². The summed E-state index contributed by atoms with van der Waals surface area (Å²) in [5, 5.41) is 5.14. The zero-order valence-electron chi connectivity index (χ0n) is 18.5. The molecular weight excluding hydrogens is 442 g/mol. The minimum absolute atomic E-state index is 0.0603. The van der Waals surface area contributed by atoms with Crippen molar-refractivity contribution in [3.63, 3.8) is 0 Å². The predicted octanol–water partition coefficient (Wildman–Crippen LogP) is 4.05. The zero-order valence-corrected chi connectivity index (χ0v) is 20.1. The monoisotopic (exact) mass is 471 g/mol. The van der Waals surface area contributed by atoms with Gasteiger partial charge in [-0.05, 0) is 62.3 Å². The van der Waals surface area contributed by atoms with Gasteiger partial charge < -0.3 is 9.88 Å². The molecule has 1 fully saturated rings. The summed E-state index contributed by atoms with van der Waals surface area (Å²) in [5.41, 5.74) is 2.75. The van der Waals surface area contributed by atoms with Gasteiger partial charge in [-0.2, -0.15) is 4.31 Å². The van der Waals surface area contributed by atoms with E-state index in [0.29, 0.717) is 30.1 Å². The van der Waals surface area contributed by atoms with E-state index in [1.54, 1.807) is 39.9 Å². The van der Waals surface area contributed by atoms with Crippen molar-refractivity contribution in [1.29, 1.82) is 0 Å². The molecule has 3 heterocycles. The number of benzene rings is 1. The topological polar surface area (TPSA) is 71.4 Å². The summed E-state index contributed by atoms with van der Waals surface area (Å²) in [6.07, 6.45) is 1.48. The van der Waals surface area contributed by atoms with Gasteiger partial charge in [0.25, 0.3) is 5.91 Å². The van der Waals surface area contributed by atoms with Crippen LogP contribution in [0.3, 0.4) is 0 Å². The van der Waals surface area contributed by atoms with Crippen molar-refractivity contribution >= 4 is 27.3 Å². The number of carbonyl (C=O) groups is 1. The van der Waals surface area contributed by atoms with Crippen LogP contribution in [0.15, 0.2) is 58.8 Å². The molecule has 32 heavy (non-hydrogen) atoms. The Kier molecular flexibility index (Phi) is 6.83. The Labute approximate surface area is 193 Å². The first-order chi connectivity index (χ1) is 15.4. The summed E-state index contributed by atoms with van der Waals surface area (Å²) in [5.74, 6) is 0.214. The summed E-state index contributed by atoms with van der Waals surface area (Å²) < 4.78 is 29.3. The Balaban J connectivity index is 1.32. The van der Waals surface area contributed by atoms with E-state index in [2.05, 4.69) is 21.3 Å². The zero-order chi connectivity index (χ0) is 22.7. The van der Waals surface area contributed by atoms with Crippen LogP contribution in [0.25, 0.3) is 0 Å². The Hall–Kier alpha value is -2.42. The quantitative estimate of drug-likeness (QED) is 0.565. The van der Waals surface area contributed by atoms with Gasteiger partial charge in [-0.3, -0.25) is 4.79 Å². The molecule has 170 valence electrons. The fourth-order valence-corrected chi connectivity index (χ4v) is 6.44. The number of nitrogens with one attached hydrogen (secondary N) is 1. The number of sulfonamides is 1. The standard InChI is InChI=1S/C24H29N3O3S2/c1-18-15-23(19(2)27(18)17-21-7-6-14-31-21)24(28)25-16-20-10-12-26(13-11-20)32(29,30)22-8-4-3-5-9-22/h3-9,14-15,20H,10-13,16-17H2,1-2H3,(H,25,28). The summed E-state index contributed by atoms with van der Waals surface area (Å²) in [6.45, 7) is 6.31. The molecular formula is C24H29N3O3S2. The van der Waals surface area contributed by atoms with Crippen molar-refractivity contribution in [2.75, 3.05) is 19.6 Å². The predicted molar refractivity (Wildman–Crippen MR) is 128 cm³/mol. The minimum Gasteiger partial charge on any atom is -0.352 e. The fourth-order valence-electron chi connectivity index (χ4n) is 4.26. The molecule has 0 saturated carbocycles. The first kappa shape index (κ1) is 22.8. The van der Waals surface area contributed by atoms with E-state index in [4.69, 9.17) is 0 Å². The first-order valence-corrected chi connectivity index (χ1v) is 13.2. The number of rotatable bonds is 7. The number of nitrogens with zero attached hydrogens (tertiary/aromatic N) is 2. The van der Waals surface area contributed by atoms with Gasteiger partial charge in [-0.25, -0.2) is 8.42 Å². The number of amides is 1. The number of thiophene rings is 1. The SMILES string of the molecule is Cc1cc(C(=O)NCC2CCN(S(=O)(=O)c3ccccc3)CC2)c(C)n1Cc1cccs1. The van der Waals surface area contributed by atoms with Crippen LogP contribution in [0.5, 0.6) is 0 Å². The Morgan fingerprint density at radius 3 is 2.47 bits per heavy atom. The maximum absolute atomic E-state index is 12.9. The molecule has 0 aliphatic carbocycles. The lowest BCUT2D eigenvalue weighted by molar-refractivity contribution is 0.0940. The molecule has 1 aromatic carbocycles. The highest BCUT2D eigenvalue weighted by atomic mass is 32.2. The van der Waals surface area contributed by atoms with E-state index in [9.17, 15) is 13.2 Å². The highest BCUT2D eigenvalue weighted by molar-refractivity contribution is 7.89. The van der Waals surface area contributed by atoms with Crippen molar-refractivity contribution < 1.29 is 13.2 Å². The van der Waals surface area contributed by atoms with Gasteiger partial charge in [-0.15, -0.1) is 11.3 Å². The van der Waals surface area contributed by atoms with Crippen LogP contribution in [0.2, 0.25) is 0 Å². The lowest BCUT2D eigenvalue weighted by atomic mass is 9.98. The summed E-state index contributed by atoms with van der Waals surface area (Å²) in [4.78, 5) is 14.5. The molecule has 1 saturated heterocycles. The molecule has 4 rings (SSSR count). The second-order valence-electron chi connectivity index (χ2n) is 8.32. The average molecular weight is 472 g/mol. The smallest absolute Gasteiger partial charge is 0.253 e. The molecule has 1 aliphatic rings. The van der Waals surface area contributed by atoms with Gasteiger partial charge in [0.15, 0.2) is 0 Å². The molecule has 1 aliphatic heterocycles. The molecule has 0 radical (unpaired) electrons. The number of aryl methyl sites for hydroxylation is 1. The third-order valence-corrected chi connectivity index (χ3v) is 8.99. The van der Waals surface area contributed by atoms with Gasteiger partial charge >= 0.3 is 0 Å². The maximum Gasteiger partial charge on any atom is 0.253 e. The van der Waals surface area contributed by atoms with E-state index in [-0.39, 0.29) is 11.8 Å². The largest absolute Gasteiger partial charge is 0.352 e. The maximum atomic E-state index is 12.9. The number of carbonyl (C=O) groups excluding carboxylic acids is 1. The van der Waals surface area contributed by atoms with Crippen LogP contribution in [-0.4, -0.2) is 42.8 Å². The van der Waals surface area contributed by atoms with Gasteiger partial charge in [-0.1, -0.05) is 24.3 Å². The Bertz CT molecular complexity index is 1160. The molecule has 0 unspecified atom stereocenters. The molecule has 1 amide bonds. The van der Waals surface area contributed by atoms with E-state index < -0.39 is 10.0 Å². The number of piperidine rings is 1. The van der Waals surface area contributed by atoms with Crippen molar-refractivity contribution in [3.8, 4) is 0 Å². The second kappa shape index (κ2) is 9.60. The second-order valence-corrected chi connectivity index (χ2v) is 11.3. The lowest BCUT2D eigenvalue weighted by Gasteiger charge is -2.31. The Morgan fingerprint density at radius 2 is 1.81 bits per heavy atom. The molecule has 6 nitrogen and oxygen atoms in total. The minimum atomic E-state index is -3.44. The van der Waals surface area contributed by atoms with Crippen molar-refractivity contribution in [2.24, 2.45) is 5.92 Å². The van der Waals surface area contributed by atoms with Crippen LogP contribution < -0.4 is 5.32 Å². The molecule has 1 N–H and O–H groups in total. The summed E-state index contributed by atoms with van der Waals surface area (Å²) in [7, 11) is -3.44. The highest BCUT2D eigenvalue weighted by Gasteiger charge is 2.29. The fraction of sp³-hybridized carbons (Fsp3) is 0.375. The molecule has 3 aromatic rings. The van der Waals surface area contributed by atoms with Crippen molar-refractivity contribution in [2.45, 2.75) is 38.1 Å². The molecule has 2 aromatic heterocycles. The third-order valence-electron chi connectivity index (χ3n) is 6.22.